The van der Waals surface area contributed by atoms with Gasteiger partial charge in [0, 0.05) is 0 Å². The van der Waals surface area contributed by atoms with E-state index < -0.39 is 11.4 Å². The van der Waals surface area contributed by atoms with Crippen molar-refractivity contribution < 1.29 is 19.4 Å². The van der Waals surface area contributed by atoms with Gasteiger partial charge >= 0.3 is 5.97 Å². The van der Waals surface area contributed by atoms with E-state index in [1.807, 2.05) is 24.3 Å². The molecule has 3 rings (SSSR count). The number of hydrogen-bond acceptors (Lipinski definition) is 3. The number of rotatable bonds is 4. The van der Waals surface area contributed by atoms with E-state index in [2.05, 4.69) is 0 Å². The molecule has 0 aromatic heterocycles. The van der Waals surface area contributed by atoms with Crippen LogP contribution < -0.4 is 4.74 Å². The van der Waals surface area contributed by atoms with Gasteiger partial charge in [-0.15, -0.1) is 0 Å². The van der Waals surface area contributed by atoms with Gasteiger partial charge in [-0.2, -0.15) is 0 Å². The number of ether oxygens (including phenoxy) is 2. The summed E-state index contributed by atoms with van der Waals surface area (Å²) >= 11 is 0. The van der Waals surface area contributed by atoms with Crippen LogP contribution in [-0.4, -0.2) is 31.4 Å². The van der Waals surface area contributed by atoms with Crippen LogP contribution in [0.15, 0.2) is 24.3 Å². The molecule has 1 saturated carbocycles. The lowest BCUT2D eigenvalue weighted by molar-refractivity contribution is -0.192. The van der Waals surface area contributed by atoms with Gasteiger partial charge in [0.2, 0.25) is 0 Å². The van der Waals surface area contributed by atoms with E-state index in [1.54, 1.807) is 7.11 Å². The van der Waals surface area contributed by atoms with Crippen molar-refractivity contribution in [3.63, 3.8) is 0 Å². The highest BCUT2D eigenvalue weighted by atomic mass is 16.5. The Morgan fingerprint density at radius 1 is 1.37 bits per heavy atom. The Bertz CT molecular complexity index is 501. The molecular weight excluding hydrogens is 244 g/mol. The third kappa shape index (κ3) is 1.53. The summed E-state index contributed by atoms with van der Waals surface area (Å²) in [6.07, 6.45) is 2.46. The number of carbonyl (C=O) groups is 1. The molecular formula is C15H18O4. The van der Waals surface area contributed by atoms with Gasteiger partial charge in [-0.1, -0.05) is 18.6 Å². The second-order valence-electron chi connectivity index (χ2n) is 5.55. The molecule has 0 bridgehead atoms. The van der Waals surface area contributed by atoms with Crippen LogP contribution in [-0.2, 0) is 14.9 Å². The van der Waals surface area contributed by atoms with Crippen molar-refractivity contribution in [2.75, 3.05) is 20.3 Å². The molecule has 1 saturated heterocycles. The number of hydrogen-bond donors (Lipinski definition) is 1. The summed E-state index contributed by atoms with van der Waals surface area (Å²) in [5, 5.41) is 9.69. The van der Waals surface area contributed by atoms with Gasteiger partial charge in [-0.3, -0.25) is 4.79 Å². The highest BCUT2D eigenvalue weighted by Crippen LogP contribution is 2.58. The molecule has 0 radical (unpaired) electrons. The van der Waals surface area contributed by atoms with Crippen LogP contribution in [0, 0.1) is 5.41 Å². The molecule has 0 unspecified atom stereocenters. The van der Waals surface area contributed by atoms with Crippen molar-refractivity contribution >= 4 is 5.97 Å². The predicted octanol–water partition coefficient (Wildman–Crippen LogP) is 2.22. The molecule has 102 valence electrons. The first-order valence-corrected chi connectivity index (χ1v) is 6.60. The summed E-state index contributed by atoms with van der Waals surface area (Å²) in [5.74, 6) is 0.0773. The Morgan fingerprint density at radius 3 is 2.53 bits per heavy atom. The minimum atomic E-state index is -0.690. The Hall–Kier alpha value is -1.55. The highest BCUT2D eigenvalue weighted by molar-refractivity contribution is 5.79. The van der Waals surface area contributed by atoms with Gasteiger partial charge in [0.15, 0.2) is 0 Å². The largest absolute Gasteiger partial charge is 0.497 e. The fourth-order valence-electron chi connectivity index (χ4n) is 3.37. The maximum absolute atomic E-state index is 11.8. The minimum Gasteiger partial charge on any atom is -0.497 e. The zero-order chi connectivity index (χ0) is 13.5. The van der Waals surface area contributed by atoms with Crippen molar-refractivity contribution in [2.45, 2.75) is 24.7 Å². The molecule has 1 heterocycles. The Morgan fingerprint density at radius 2 is 2.11 bits per heavy atom. The molecule has 1 aromatic rings. The predicted molar refractivity (Wildman–Crippen MR) is 69.4 cm³/mol. The standard InChI is InChI=1S/C15H18O4/c1-18-12-5-2-4-11(8-12)15(9-19-10-15)14(13(16)17)6-3-7-14/h2,4-5,8H,3,6-7,9-10H2,1H3,(H,16,17). The number of carboxylic acid groups (broad SMARTS) is 1. The summed E-state index contributed by atoms with van der Waals surface area (Å²) < 4.78 is 10.6. The molecule has 0 atom stereocenters. The topological polar surface area (TPSA) is 55.8 Å². The zero-order valence-corrected chi connectivity index (χ0v) is 11.0. The minimum absolute atomic E-state index is 0.383. The summed E-state index contributed by atoms with van der Waals surface area (Å²) in [6.45, 7) is 0.985. The van der Waals surface area contributed by atoms with Crippen molar-refractivity contribution in [3.8, 4) is 5.75 Å². The lowest BCUT2D eigenvalue weighted by Gasteiger charge is -2.57. The second kappa shape index (κ2) is 4.23. The van der Waals surface area contributed by atoms with Gasteiger partial charge in [0.1, 0.15) is 5.75 Å². The molecule has 4 nitrogen and oxygen atoms in total. The first-order chi connectivity index (χ1) is 9.14. The molecule has 1 aliphatic carbocycles. The summed E-state index contributed by atoms with van der Waals surface area (Å²) in [7, 11) is 1.62. The van der Waals surface area contributed by atoms with Gasteiger partial charge in [-0.25, -0.2) is 0 Å². The average Bonchev–Trinajstić information content (AvgIpc) is 2.30. The molecule has 4 heteroatoms. The Balaban J connectivity index is 2.05. The maximum Gasteiger partial charge on any atom is 0.310 e. The quantitative estimate of drug-likeness (QED) is 0.904. The SMILES string of the molecule is COc1cccc(C2(C3(C(=O)O)CCC3)COC2)c1. The molecule has 2 fully saturated rings. The highest BCUT2D eigenvalue weighted by Gasteiger charge is 2.64. The van der Waals surface area contributed by atoms with E-state index in [1.165, 1.54) is 0 Å². The van der Waals surface area contributed by atoms with E-state index in [-0.39, 0.29) is 5.41 Å². The van der Waals surface area contributed by atoms with Gasteiger partial charge in [-0.05, 0) is 30.5 Å². The fourth-order valence-corrected chi connectivity index (χ4v) is 3.37. The summed E-state index contributed by atoms with van der Waals surface area (Å²) in [6, 6.07) is 7.74. The van der Waals surface area contributed by atoms with Crippen LogP contribution in [0.3, 0.4) is 0 Å². The zero-order valence-electron chi connectivity index (χ0n) is 11.0. The normalized spacial score (nSPS) is 23.0. The lowest BCUT2D eigenvalue weighted by atomic mass is 9.49. The van der Waals surface area contributed by atoms with Crippen LogP contribution in [0.4, 0.5) is 0 Å². The number of benzene rings is 1. The average molecular weight is 262 g/mol. The first-order valence-electron chi connectivity index (χ1n) is 6.60. The smallest absolute Gasteiger partial charge is 0.310 e. The van der Waals surface area contributed by atoms with Crippen LogP contribution in [0.5, 0.6) is 5.75 Å². The summed E-state index contributed by atoms with van der Waals surface area (Å²) in [5.41, 5.74) is -0.0105. The molecule has 0 amide bonds. The van der Waals surface area contributed by atoms with Crippen molar-refractivity contribution in [3.05, 3.63) is 29.8 Å². The van der Waals surface area contributed by atoms with Crippen LogP contribution in [0.2, 0.25) is 0 Å². The van der Waals surface area contributed by atoms with Crippen molar-refractivity contribution in [2.24, 2.45) is 5.41 Å². The maximum atomic E-state index is 11.8. The third-order valence-corrected chi connectivity index (χ3v) is 4.85. The summed E-state index contributed by atoms with van der Waals surface area (Å²) in [4.78, 5) is 11.8. The van der Waals surface area contributed by atoms with E-state index in [4.69, 9.17) is 9.47 Å². The van der Waals surface area contributed by atoms with Gasteiger partial charge < -0.3 is 14.6 Å². The fraction of sp³-hybridized carbons (Fsp3) is 0.533. The molecule has 1 N–H and O–H groups in total. The van der Waals surface area contributed by atoms with Crippen LogP contribution in [0.1, 0.15) is 24.8 Å². The lowest BCUT2D eigenvalue weighted by Crippen LogP contribution is -2.64. The molecule has 0 spiro atoms. The number of aliphatic carboxylic acids is 1. The number of methoxy groups -OCH3 is 1. The van der Waals surface area contributed by atoms with Gasteiger partial charge in [0.05, 0.1) is 31.2 Å². The Kier molecular flexibility index (Phi) is 2.78. The number of carboxylic acids is 1. The van der Waals surface area contributed by atoms with Gasteiger partial charge in [0.25, 0.3) is 0 Å². The molecule has 2 aliphatic rings. The van der Waals surface area contributed by atoms with Crippen molar-refractivity contribution in [1.82, 2.24) is 0 Å². The third-order valence-electron chi connectivity index (χ3n) is 4.85. The second-order valence-corrected chi connectivity index (χ2v) is 5.55. The van der Waals surface area contributed by atoms with Crippen LogP contribution >= 0.6 is 0 Å². The van der Waals surface area contributed by atoms with E-state index in [9.17, 15) is 9.90 Å². The van der Waals surface area contributed by atoms with E-state index in [0.29, 0.717) is 13.2 Å². The molecule has 19 heavy (non-hydrogen) atoms. The first kappa shape index (κ1) is 12.5. The Labute approximate surface area is 112 Å². The molecule has 1 aromatic carbocycles. The molecule has 1 aliphatic heterocycles. The monoisotopic (exact) mass is 262 g/mol. The van der Waals surface area contributed by atoms with Crippen molar-refractivity contribution in [1.29, 1.82) is 0 Å². The van der Waals surface area contributed by atoms with E-state index in [0.717, 1.165) is 30.6 Å². The van der Waals surface area contributed by atoms with Crippen LogP contribution in [0.25, 0.3) is 0 Å². The van der Waals surface area contributed by atoms with E-state index >= 15 is 0 Å².